The summed E-state index contributed by atoms with van der Waals surface area (Å²) in [6, 6.07) is 9.84. The van der Waals surface area contributed by atoms with Gasteiger partial charge in [0.2, 0.25) is 5.91 Å². The van der Waals surface area contributed by atoms with Crippen LogP contribution in [0.15, 0.2) is 36.4 Å². The minimum atomic E-state index is -0.321. The molecular formula is C19H17FN2O2S. The van der Waals surface area contributed by atoms with E-state index in [9.17, 15) is 14.0 Å². The monoisotopic (exact) mass is 356 g/mol. The second-order valence-corrected chi connectivity index (χ2v) is 6.91. The Morgan fingerprint density at radius 3 is 2.52 bits per heavy atom. The molecule has 1 aromatic heterocycles. The number of anilines is 2. The first kappa shape index (κ1) is 17.1. The van der Waals surface area contributed by atoms with Crippen LogP contribution in [0.3, 0.4) is 0 Å². The van der Waals surface area contributed by atoms with Crippen molar-refractivity contribution in [2.24, 2.45) is 0 Å². The standard InChI is InChI=1S/C19H17FN2O2S/c1-10-4-6-14(9-16(10)21-12(3)23)22-19(24)18-11(2)15-8-13(20)5-7-17(15)25-18/h4-9H,1-3H3,(H,21,23)(H,22,24). The van der Waals surface area contributed by atoms with Crippen LogP contribution in [0.1, 0.15) is 27.7 Å². The second-order valence-electron chi connectivity index (χ2n) is 5.86. The van der Waals surface area contributed by atoms with E-state index < -0.39 is 0 Å². The molecule has 4 nitrogen and oxygen atoms in total. The molecule has 2 amide bonds. The Morgan fingerprint density at radius 1 is 1.04 bits per heavy atom. The fourth-order valence-corrected chi connectivity index (χ4v) is 3.71. The number of aryl methyl sites for hydroxylation is 2. The molecule has 0 aliphatic rings. The van der Waals surface area contributed by atoms with Crippen molar-refractivity contribution in [1.82, 2.24) is 0 Å². The third-order valence-electron chi connectivity index (χ3n) is 3.91. The molecule has 0 saturated carbocycles. The number of carbonyl (C=O) groups excluding carboxylic acids is 2. The molecule has 3 rings (SSSR count). The molecule has 0 saturated heterocycles. The average molecular weight is 356 g/mol. The summed E-state index contributed by atoms with van der Waals surface area (Å²) >= 11 is 1.33. The minimum absolute atomic E-state index is 0.172. The van der Waals surface area contributed by atoms with Gasteiger partial charge in [-0.2, -0.15) is 0 Å². The van der Waals surface area contributed by atoms with Crippen molar-refractivity contribution in [1.29, 1.82) is 0 Å². The van der Waals surface area contributed by atoms with Crippen LogP contribution in [0, 0.1) is 19.7 Å². The molecule has 1 heterocycles. The summed E-state index contributed by atoms with van der Waals surface area (Å²) in [7, 11) is 0. The third-order valence-corrected chi connectivity index (χ3v) is 5.18. The van der Waals surface area contributed by atoms with Gasteiger partial charge < -0.3 is 10.6 Å². The highest BCUT2D eigenvalue weighted by Crippen LogP contribution is 2.32. The van der Waals surface area contributed by atoms with E-state index in [2.05, 4.69) is 10.6 Å². The Labute approximate surface area is 148 Å². The molecule has 128 valence electrons. The Balaban J connectivity index is 1.90. The smallest absolute Gasteiger partial charge is 0.266 e. The van der Waals surface area contributed by atoms with Crippen molar-refractivity contribution in [3.05, 3.63) is 58.2 Å². The number of nitrogens with one attached hydrogen (secondary N) is 2. The average Bonchev–Trinajstić information content (AvgIpc) is 2.87. The van der Waals surface area contributed by atoms with Crippen LogP contribution < -0.4 is 10.6 Å². The number of amides is 2. The molecule has 2 aromatic carbocycles. The maximum atomic E-state index is 13.4. The van der Waals surface area contributed by atoms with E-state index >= 15 is 0 Å². The lowest BCUT2D eigenvalue weighted by Crippen LogP contribution is -2.12. The van der Waals surface area contributed by atoms with Gasteiger partial charge in [-0.25, -0.2) is 4.39 Å². The SMILES string of the molecule is CC(=O)Nc1cc(NC(=O)c2sc3ccc(F)cc3c2C)ccc1C. The maximum absolute atomic E-state index is 13.4. The number of hydrogen-bond acceptors (Lipinski definition) is 3. The zero-order chi connectivity index (χ0) is 18.1. The zero-order valence-corrected chi connectivity index (χ0v) is 14.9. The molecule has 0 radical (unpaired) electrons. The molecular weight excluding hydrogens is 339 g/mol. The van der Waals surface area contributed by atoms with Gasteiger partial charge in [-0.3, -0.25) is 9.59 Å². The number of hydrogen-bond donors (Lipinski definition) is 2. The first-order valence-corrected chi connectivity index (χ1v) is 8.55. The second kappa shape index (κ2) is 6.64. The number of thiophene rings is 1. The third kappa shape index (κ3) is 3.53. The van der Waals surface area contributed by atoms with Gasteiger partial charge in [0.15, 0.2) is 0 Å². The molecule has 0 spiro atoms. The highest BCUT2D eigenvalue weighted by Gasteiger charge is 2.16. The Morgan fingerprint density at radius 2 is 1.80 bits per heavy atom. The van der Waals surface area contributed by atoms with Crippen LogP contribution in [-0.2, 0) is 4.79 Å². The van der Waals surface area contributed by atoms with E-state index in [1.54, 1.807) is 18.2 Å². The van der Waals surface area contributed by atoms with Gasteiger partial charge in [-0.1, -0.05) is 6.07 Å². The Bertz CT molecular complexity index is 994. The van der Waals surface area contributed by atoms with Gasteiger partial charge in [0.05, 0.1) is 4.88 Å². The molecule has 0 fully saturated rings. The molecule has 0 unspecified atom stereocenters. The first-order chi connectivity index (χ1) is 11.8. The van der Waals surface area contributed by atoms with E-state index in [1.807, 2.05) is 19.9 Å². The van der Waals surface area contributed by atoms with Crippen molar-refractivity contribution in [2.75, 3.05) is 10.6 Å². The van der Waals surface area contributed by atoms with Crippen LogP contribution in [0.4, 0.5) is 15.8 Å². The summed E-state index contributed by atoms with van der Waals surface area (Å²) in [6.45, 7) is 5.12. The van der Waals surface area contributed by atoms with Crippen LogP contribution in [0.5, 0.6) is 0 Å². The number of benzene rings is 2. The summed E-state index contributed by atoms with van der Waals surface area (Å²) in [5, 5.41) is 6.33. The normalized spacial score (nSPS) is 10.7. The maximum Gasteiger partial charge on any atom is 0.266 e. The lowest BCUT2D eigenvalue weighted by atomic mass is 10.1. The number of halogens is 1. The fraction of sp³-hybridized carbons (Fsp3) is 0.158. The van der Waals surface area contributed by atoms with Crippen LogP contribution in [0.2, 0.25) is 0 Å². The molecule has 6 heteroatoms. The van der Waals surface area contributed by atoms with E-state index in [0.717, 1.165) is 21.2 Å². The van der Waals surface area contributed by atoms with Crippen molar-refractivity contribution >= 4 is 44.6 Å². The summed E-state index contributed by atoms with van der Waals surface area (Å²) < 4.78 is 14.3. The van der Waals surface area contributed by atoms with Gasteiger partial charge in [-0.15, -0.1) is 11.3 Å². The van der Waals surface area contributed by atoms with Gasteiger partial charge in [0.1, 0.15) is 5.82 Å². The lowest BCUT2D eigenvalue weighted by Gasteiger charge is -2.10. The molecule has 0 bridgehead atoms. The summed E-state index contributed by atoms with van der Waals surface area (Å²) in [5.74, 6) is -0.746. The first-order valence-electron chi connectivity index (χ1n) is 7.73. The van der Waals surface area contributed by atoms with Crippen molar-refractivity contribution in [3.63, 3.8) is 0 Å². The van der Waals surface area contributed by atoms with Gasteiger partial charge >= 0.3 is 0 Å². The predicted octanol–water partition coefficient (Wildman–Crippen LogP) is 4.87. The fourth-order valence-electron chi connectivity index (χ4n) is 2.62. The van der Waals surface area contributed by atoms with Gasteiger partial charge in [-0.05, 0) is 60.7 Å². The Kier molecular flexibility index (Phi) is 4.55. The highest BCUT2D eigenvalue weighted by atomic mass is 32.1. The molecule has 0 atom stereocenters. The Hall–Kier alpha value is -2.73. The largest absolute Gasteiger partial charge is 0.326 e. The van der Waals surface area contributed by atoms with Crippen LogP contribution in [0.25, 0.3) is 10.1 Å². The number of carbonyl (C=O) groups is 2. The van der Waals surface area contributed by atoms with E-state index in [-0.39, 0.29) is 17.6 Å². The molecule has 2 N–H and O–H groups in total. The molecule has 3 aromatic rings. The van der Waals surface area contributed by atoms with Crippen molar-refractivity contribution < 1.29 is 14.0 Å². The van der Waals surface area contributed by atoms with E-state index in [1.165, 1.54) is 30.4 Å². The van der Waals surface area contributed by atoms with Crippen LogP contribution in [-0.4, -0.2) is 11.8 Å². The van der Waals surface area contributed by atoms with E-state index in [0.29, 0.717) is 16.3 Å². The van der Waals surface area contributed by atoms with Gasteiger partial charge in [0.25, 0.3) is 5.91 Å². The minimum Gasteiger partial charge on any atom is -0.326 e. The highest BCUT2D eigenvalue weighted by molar-refractivity contribution is 7.21. The van der Waals surface area contributed by atoms with Crippen LogP contribution >= 0.6 is 11.3 Å². The summed E-state index contributed by atoms with van der Waals surface area (Å²) in [6.07, 6.45) is 0. The predicted molar refractivity (Wildman–Crippen MR) is 100.0 cm³/mol. The molecule has 0 aliphatic heterocycles. The summed E-state index contributed by atoms with van der Waals surface area (Å²) in [4.78, 5) is 24.4. The van der Waals surface area contributed by atoms with E-state index in [4.69, 9.17) is 0 Å². The lowest BCUT2D eigenvalue weighted by molar-refractivity contribution is -0.114. The molecule has 0 aliphatic carbocycles. The number of rotatable bonds is 3. The van der Waals surface area contributed by atoms with Crippen molar-refractivity contribution in [3.8, 4) is 0 Å². The topological polar surface area (TPSA) is 58.2 Å². The van der Waals surface area contributed by atoms with Gasteiger partial charge in [0, 0.05) is 23.0 Å². The quantitative estimate of drug-likeness (QED) is 0.703. The van der Waals surface area contributed by atoms with Crippen molar-refractivity contribution in [2.45, 2.75) is 20.8 Å². The zero-order valence-electron chi connectivity index (χ0n) is 14.1. The number of fused-ring (bicyclic) bond motifs is 1. The molecule has 25 heavy (non-hydrogen) atoms. The summed E-state index contributed by atoms with van der Waals surface area (Å²) in [5.41, 5.74) is 2.90.